The van der Waals surface area contributed by atoms with Crippen molar-refractivity contribution >= 4 is 12.2 Å². The third-order valence-electron chi connectivity index (χ3n) is 2.65. The van der Waals surface area contributed by atoms with Gasteiger partial charge < -0.3 is 21.3 Å². The third-order valence-corrected chi connectivity index (χ3v) is 2.65. The van der Waals surface area contributed by atoms with E-state index in [0.717, 1.165) is 19.3 Å². The van der Waals surface area contributed by atoms with Gasteiger partial charge in [-0.2, -0.15) is 0 Å². The molecule has 0 saturated heterocycles. The lowest BCUT2D eigenvalue weighted by Gasteiger charge is -2.31. The van der Waals surface area contributed by atoms with E-state index in [1.54, 1.807) is 0 Å². The van der Waals surface area contributed by atoms with Crippen molar-refractivity contribution < 1.29 is 19.8 Å². The molecule has 0 aromatic rings. The normalized spacial score (nSPS) is 12.0. The van der Waals surface area contributed by atoms with E-state index in [1.807, 2.05) is 13.8 Å². The lowest BCUT2D eigenvalue weighted by Crippen LogP contribution is -2.47. The van der Waals surface area contributed by atoms with Crippen molar-refractivity contribution in [2.24, 2.45) is 11.7 Å². The molecule has 0 spiro atoms. The number of nitrogens with two attached hydrogens (primary N) is 1. The molecule has 17 heavy (non-hydrogen) atoms. The first-order valence-electron chi connectivity index (χ1n) is 5.63. The minimum absolute atomic E-state index is 0.318. The molecule has 1 unspecified atom stereocenters. The number of hydrogen-bond donors (Lipinski definition) is 4. The summed E-state index contributed by atoms with van der Waals surface area (Å²) in [5.74, 6) is 0.378. The molecule has 102 valence electrons. The molecule has 0 saturated carbocycles. The molecule has 6 nitrogen and oxygen atoms in total. The van der Waals surface area contributed by atoms with Gasteiger partial charge in [0.05, 0.1) is 0 Å². The van der Waals surface area contributed by atoms with Gasteiger partial charge in [0.25, 0.3) is 0 Å². The van der Waals surface area contributed by atoms with Gasteiger partial charge in [0.2, 0.25) is 0 Å². The molecule has 0 bridgehead atoms. The van der Waals surface area contributed by atoms with E-state index < -0.39 is 12.2 Å². The van der Waals surface area contributed by atoms with Crippen molar-refractivity contribution in [3.05, 3.63) is 0 Å². The molecule has 2 amide bonds. The number of rotatable bonds is 5. The van der Waals surface area contributed by atoms with Gasteiger partial charge >= 0.3 is 12.2 Å². The summed E-state index contributed by atoms with van der Waals surface area (Å²) in [6.45, 7) is 8.10. The van der Waals surface area contributed by atoms with Gasteiger partial charge in [-0.3, -0.25) is 0 Å². The molecule has 0 rings (SSSR count). The Hall–Kier alpha value is -1.46. The van der Waals surface area contributed by atoms with Gasteiger partial charge in [-0.05, 0) is 26.2 Å². The monoisotopic (exact) mass is 248 g/mol. The summed E-state index contributed by atoms with van der Waals surface area (Å²) in [4.78, 5) is 19.3. The first-order valence-corrected chi connectivity index (χ1v) is 5.63. The predicted octanol–water partition coefficient (Wildman–Crippen LogP) is 2.48. The lowest BCUT2D eigenvalue weighted by atomic mass is 9.85. The van der Waals surface area contributed by atoms with Crippen LogP contribution in [0.15, 0.2) is 0 Å². The van der Waals surface area contributed by atoms with Crippen LogP contribution in [0, 0.1) is 5.92 Å². The van der Waals surface area contributed by atoms with Crippen LogP contribution >= 0.6 is 0 Å². The number of amides is 2. The first-order chi connectivity index (χ1) is 7.63. The number of carboxylic acid groups (broad SMARTS) is 2. The van der Waals surface area contributed by atoms with Gasteiger partial charge in [-0.1, -0.05) is 26.7 Å². The average Bonchev–Trinajstić information content (AvgIpc) is 2.10. The number of primary amides is 1. The maximum atomic E-state index is 10.5. The van der Waals surface area contributed by atoms with Crippen LogP contribution in [0.2, 0.25) is 0 Å². The molecular weight excluding hydrogens is 224 g/mol. The zero-order valence-electron chi connectivity index (χ0n) is 11.0. The fourth-order valence-corrected chi connectivity index (χ4v) is 1.27. The average molecular weight is 248 g/mol. The molecule has 6 heteroatoms. The third kappa shape index (κ3) is 12.5. The highest BCUT2D eigenvalue weighted by atomic mass is 16.4. The van der Waals surface area contributed by atoms with Crippen molar-refractivity contribution in [2.45, 2.75) is 52.5 Å². The van der Waals surface area contributed by atoms with Crippen LogP contribution in [-0.4, -0.2) is 27.9 Å². The number of nitrogens with one attached hydrogen (secondary N) is 1. The van der Waals surface area contributed by atoms with Crippen LogP contribution in [0.5, 0.6) is 0 Å². The molecule has 0 aliphatic rings. The summed E-state index contributed by atoms with van der Waals surface area (Å²) in [5, 5.41) is 18.4. The summed E-state index contributed by atoms with van der Waals surface area (Å²) in [6, 6.07) is 0. The molecule has 0 aliphatic heterocycles. The molecule has 0 aromatic carbocycles. The quantitative estimate of drug-likeness (QED) is 0.598. The molecule has 0 aliphatic carbocycles. The molecule has 0 heterocycles. The van der Waals surface area contributed by atoms with E-state index in [1.165, 1.54) is 0 Å². The predicted molar refractivity (Wildman–Crippen MR) is 66.1 cm³/mol. The Kier molecular flexibility index (Phi) is 9.13. The second-order valence-electron chi connectivity index (χ2n) is 4.53. The minimum atomic E-state index is -1.33. The Morgan fingerprint density at radius 2 is 1.76 bits per heavy atom. The van der Waals surface area contributed by atoms with Crippen molar-refractivity contribution in [1.82, 2.24) is 5.32 Å². The standard InChI is InChI=1S/C10H21NO2.CH3NO2/c1-5-6-7-8(2)10(3,4)11-9(12)13;2-1(3)4/h8,11H,5-7H2,1-4H3,(H,12,13);2H2,(H,3,4). The Balaban J connectivity index is 0. The van der Waals surface area contributed by atoms with E-state index in [0.29, 0.717) is 5.92 Å². The largest absolute Gasteiger partial charge is 0.465 e. The summed E-state index contributed by atoms with van der Waals surface area (Å²) >= 11 is 0. The lowest BCUT2D eigenvalue weighted by molar-refractivity contribution is 0.168. The Morgan fingerprint density at radius 1 is 1.35 bits per heavy atom. The van der Waals surface area contributed by atoms with Crippen LogP contribution in [-0.2, 0) is 0 Å². The number of unbranched alkanes of at least 4 members (excludes halogenated alkanes) is 1. The maximum Gasteiger partial charge on any atom is 0.405 e. The maximum absolute atomic E-state index is 10.5. The number of carbonyl (C=O) groups is 2. The Bertz CT molecular complexity index is 238. The molecule has 0 fully saturated rings. The molecule has 0 radical (unpaired) electrons. The number of hydrogen-bond acceptors (Lipinski definition) is 2. The summed E-state index contributed by atoms with van der Waals surface area (Å²) in [6.07, 6.45) is 1.12. The van der Waals surface area contributed by atoms with Gasteiger partial charge in [-0.25, -0.2) is 9.59 Å². The van der Waals surface area contributed by atoms with E-state index in [-0.39, 0.29) is 5.54 Å². The highest BCUT2D eigenvalue weighted by Crippen LogP contribution is 2.21. The van der Waals surface area contributed by atoms with Crippen LogP contribution < -0.4 is 11.1 Å². The van der Waals surface area contributed by atoms with Crippen molar-refractivity contribution in [1.29, 1.82) is 0 Å². The van der Waals surface area contributed by atoms with Crippen LogP contribution in [0.4, 0.5) is 9.59 Å². The fraction of sp³-hybridized carbons (Fsp3) is 0.818. The minimum Gasteiger partial charge on any atom is -0.465 e. The zero-order chi connectivity index (χ0) is 14.1. The Labute approximate surface area is 102 Å². The summed E-state index contributed by atoms with van der Waals surface area (Å²) in [7, 11) is 0. The SMILES string of the molecule is CCCCC(C)C(C)(C)NC(=O)O.NC(=O)O. The summed E-state index contributed by atoms with van der Waals surface area (Å²) in [5.41, 5.74) is 3.71. The van der Waals surface area contributed by atoms with Crippen molar-refractivity contribution in [3.63, 3.8) is 0 Å². The molecule has 5 N–H and O–H groups in total. The van der Waals surface area contributed by atoms with Gasteiger partial charge in [0.15, 0.2) is 0 Å². The van der Waals surface area contributed by atoms with Crippen molar-refractivity contribution in [2.75, 3.05) is 0 Å². The Morgan fingerprint density at radius 3 is 2.06 bits per heavy atom. The van der Waals surface area contributed by atoms with Gasteiger partial charge in [0, 0.05) is 5.54 Å². The second-order valence-corrected chi connectivity index (χ2v) is 4.53. The summed E-state index contributed by atoms with van der Waals surface area (Å²) < 4.78 is 0. The van der Waals surface area contributed by atoms with Gasteiger partial charge in [0.1, 0.15) is 0 Å². The van der Waals surface area contributed by atoms with E-state index in [9.17, 15) is 4.79 Å². The van der Waals surface area contributed by atoms with Crippen LogP contribution in [0.25, 0.3) is 0 Å². The smallest absolute Gasteiger partial charge is 0.405 e. The molecular formula is C11H24N2O4. The van der Waals surface area contributed by atoms with Crippen molar-refractivity contribution in [3.8, 4) is 0 Å². The van der Waals surface area contributed by atoms with E-state index >= 15 is 0 Å². The molecule has 1 atom stereocenters. The fourth-order valence-electron chi connectivity index (χ4n) is 1.27. The zero-order valence-corrected chi connectivity index (χ0v) is 11.0. The van der Waals surface area contributed by atoms with Gasteiger partial charge in [-0.15, -0.1) is 0 Å². The second kappa shape index (κ2) is 8.66. The highest BCUT2D eigenvalue weighted by Gasteiger charge is 2.26. The molecule has 0 aromatic heterocycles. The van der Waals surface area contributed by atoms with Crippen LogP contribution in [0.3, 0.4) is 0 Å². The topological polar surface area (TPSA) is 113 Å². The van der Waals surface area contributed by atoms with E-state index in [2.05, 4.69) is 24.9 Å². The first kappa shape index (κ1) is 17.9. The van der Waals surface area contributed by atoms with Crippen LogP contribution in [0.1, 0.15) is 47.0 Å². The van der Waals surface area contributed by atoms with E-state index in [4.69, 9.17) is 15.0 Å². The highest BCUT2D eigenvalue weighted by molar-refractivity contribution is 5.65.